The van der Waals surface area contributed by atoms with Gasteiger partial charge in [0.25, 0.3) is 0 Å². The van der Waals surface area contributed by atoms with Crippen LogP contribution in [0.1, 0.15) is 26.7 Å². The third-order valence-corrected chi connectivity index (χ3v) is 2.21. The van der Waals surface area contributed by atoms with Crippen LogP contribution in [0.2, 0.25) is 0 Å². The molecule has 0 spiro atoms. The van der Waals surface area contributed by atoms with Crippen LogP contribution in [0.5, 0.6) is 0 Å². The van der Waals surface area contributed by atoms with Crippen LogP contribution in [-0.2, 0) is 4.79 Å². The summed E-state index contributed by atoms with van der Waals surface area (Å²) < 4.78 is 0. The lowest BCUT2D eigenvalue weighted by Gasteiger charge is -2.02. The first kappa shape index (κ1) is 10.8. The minimum atomic E-state index is 0.856. The first-order valence-electron chi connectivity index (χ1n) is 3.89. The van der Waals surface area contributed by atoms with Gasteiger partial charge in [-0.25, -0.2) is 0 Å². The Morgan fingerprint density at radius 1 is 1.55 bits per heavy atom. The SMILES string of the molecule is CCCC(C)=C(C=O)CSC. The highest BCUT2D eigenvalue weighted by Crippen LogP contribution is 2.12. The van der Waals surface area contributed by atoms with E-state index in [-0.39, 0.29) is 0 Å². The normalized spacial score (nSPS) is 12.6. The number of thioether (sulfide) groups is 1. The summed E-state index contributed by atoms with van der Waals surface area (Å²) in [7, 11) is 0. The highest BCUT2D eigenvalue weighted by Gasteiger charge is 1.98. The van der Waals surface area contributed by atoms with Crippen LogP contribution in [0.25, 0.3) is 0 Å². The minimum absolute atomic E-state index is 0.856. The number of rotatable bonds is 5. The lowest BCUT2D eigenvalue weighted by Crippen LogP contribution is -1.93. The summed E-state index contributed by atoms with van der Waals surface area (Å²) in [6.07, 6.45) is 5.18. The fourth-order valence-electron chi connectivity index (χ4n) is 0.949. The van der Waals surface area contributed by atoms with Gasteiger partial charge in [0.15, 0.2) is 0 Å². The van der Waals surface area contributed by atoms with Crippen molar-refractivity contribution in [2.45, 2.75) is 26.7 Å². The fourth-order valence-corrected chi connectivity index (χ4v) is 1.57. The molecule has 0 heterocycles. The van der Waals surface area contributed by atoms with Gasteiger partial charge in [-0.2, -0.15) is 11.8 Å². The van der Waals surface area contributed by atoms with Crippen LogP contribution in [-0.4, -0.2) is 18.3 Å². The number of hydrogen-bond acceptors (Lipinski definition) is 2. The van der Waals surface area contributed by atoms with Crippen molar-refractivity contribution in [2.75, 3.05) is 12.0 Å². The van der Waals surface area contributed by atoms with Crippen molar-refractivity contribution in [3.63, 3.8) is 0 Å². The molecule has 0 aromatic heterocycles. The van der Waals surface area contributed by atoms with Crippen molar-refractivity contribution < 1.29 is 4.79 Å². The molecule has 64 valence electrons. The lowest BCUT2D eigenvalue weighted by atomic mass is 10.1. The van der Waals surface area contributed by atoms with Crippen LogP contribution in [0.15, 0.2) is 11.1 Å². The topological polar surface area (TPSA) is 17.1 Å². The second-order valence-corrected chi connectivity index (χ2v) is 3.47. The Morgan fingerprint density at radius 2 is 2.18 bits per heavy atom. The van der Waals surface area contributed by atoms with Gasteiger partial charge in [-0.3, -0.25) is 4.79 Å². The summed E-state index contributed by atoms with van der Waals surface area (Å²) in [5, 5.41) is 0. The zero-order valence-electron chi connectivity index (χ0n) is 7.52. The quantitative estimate of drug-likeness (QED) is 0.468. The van der Waals surface area contributed by atoms with Crippen LogP contribution in [0.4, 0.5) is 0 Å². The zero-order chi connectivity index (χ0) is 8.69. The van der Waals surface area contributed by atoms with Crippen molar-refractivity contribution in [1.82, 2.24) is 0 Å². The number of aldehydes is 1. The molecule has 0 rings (SSSR count). The molecule has 0 aromatic carbocycles. The lowest BCUT2D eigenvalue weighted by molar-refractivity contribution is -0.104. The molecule has 0 fully saturated rings. The van der Waals surface area contributed by atoms with E-state index in [0.717, 1.165) is 30.5 Å². The van der Waals surface area contributed by atoms with Gasteiger partial charge in [0.1, 0.15) is 6.29 Å². The standard InChI is InChI=1S/C9H16OS/c1-4-5-8(2)9(6-10)7-11-3/h6H,4-5,7H2,1-3H3. The third-order valence-electron chi connectivity index (χ3n) is 1.62. The molecule has 0 aliphatic carbocycles. The Kier molecular flexibility index (Phi) is 6.33. The van der Waals surface area contributed by atoms with E-state index in [0.29, 0.717) is 0 Å². The smallest absolute Gasteiger partial charge is 0.146 e. The molecule has 0 aromatic rings. The van der Waals surface area contributed by atoms with Gasteiger partial charge in [0.05, 0.1) is 0 Å². The summed E-state index contributed by atoms with van der Waals surface area (Å²) in [6.45, 7) is 4.18. The molecule has 0 amide bonds. The predicted molar refractivity (Wildman–Crippen MR) is 52.1 cm³/mol. The number of hydrogen-bond donors (Lipinski definition) is 0. The molecule has 0 N–H and O–H groups in total. The molecule has 0 saturated heterocycles. The molecule has 2 heteroatoms. The van der Waals surface area contributed by atoms with E-state index < -0.39 is 0 Å². The Balaban J connectivity index is 4.14. The van der Waals surface area contributed by atoms with Crippen LogP contribution in [0, 0.1) is 0 Å². The van der Waals surface area contributed by atoms with Gasteiger partial charge in [-0.05, 0) is 19.6 Å². The van der Waals surface area contributed by atoms with Crippen molar-refractivity contribution in [3.8, 4) is 0 Å². The van der Waals surface area contributed by atoms with Crippen LogP contribution < -0.4 is 0 Å². The molecule has 11 heavy (non-hydrogen) atoms. The monoisotopic (exact) mass is 172 g/mol. The average Bonchev–Trinajstić information content (AvgIpc) is 2.00. The van der Waals surface area contributed by atoms with Crippen molar-refractivity contribution in [3.05, 3.63) is 11.1 Å². The fraction of sp³-hybridized carbons (Fsp3) is 0.667. The van der Waals surface area contributed by atoms with Crippen LogP contribution in [0.3, 0.4) is 0 Å². The summed E-state index contributed by atoms with van der Waals surface area (Å²) in [5.41, 5.74) is 2.22. The van der Waals surface area contributed by atoms with Gasteiger partial charge >= 0.3 is 0 Å². The highest BCUT2D eigenvalue weighted by atomic mass is 32.2. The number of carbonyl (C=O) groups excluding carboxylic acids is 1. The molecular weight excluding hydrogens is 156 g/mol. The molecule has 1 nitrogen and oxygen atoms in total. The largest absolute Gasteiger partial charge is 0.298 e. The third kappa shape index (κ3) is 4.25. The maximum absolute atomic E-state index is 10.5. The second-order valence-electron chi connectivity index (χ2n) is 2.61. The molecule has 0 atom stereocenters. The van der Waals surface area contributed by atoms with E-state index in [9.17, 15) is 4.79 Å². The first-order valence-corrected chi connectivity index (χ1v) is 5.28. The van der Waals surface area contributed by atoms with Gasteiger partial charge in [-0.1, -0.05) is 18.9 Å². The van der Waals surface area contributed by atoms with E-state index in [1.54, 1.807) is 11.8 Å². The van der Waals surface area contributed by atoms with Crippen LogP contribution >= 0.6 is 11.8 Å². The summed E-state index contributed by atoms with van der Waals surface area (Å²) in [5.74, 6) is 0.856. The molecule has 0 bridgehead atoms. The molecule has 0 saturated carbocycles. The Bertz CT molecular complexity index is 150. The molecule has 0 radical (unpaired) electrons. The van der Waals surface area contributed by atoms with Gasteiger partial charge in [0, 0.05) is 11.3 Å². The molecule has 0 aliphatic heterocycles. The van der Waals surface area contributed by atoms with Crippen molar-refractivity contribution >= 4 is 18.0 Å². The highest BCUT2D eigenvalue weighted by molar-refractivity contribution is 7.98. The minimum Gasteiger partial charge on any atom is -0.298 e. The summed E-state index contributed by atoms with van der Waals surface area (Å²) in [4.78, 5) is 10.5. The van der Waals surface area contributed by atoms with Gasteiger partial charge < -0.3 is 0 Å². The molecular formula is C9H16OS. The van der Waals surface area contributed by atoms with E-state index >= 15 is 0 Å². The summed E-state index contributed by atoms with van der Waals surface area (Å²) >= 11 is 1.70. The van der Waals surface area contributed by atoms with E-state index in [1.165, 1.54) is 5.57 Å². The second kappa shape index (κ2) is 6.47. The van der Waals surface area contributed by atoms with E-state index in [1.807, 2.05) is 13.2 Å². The van der Waals surface area contributed by atoms with Crippen molar-refractivity contribution in [2.24, 2.45) is 0 Å². The Hall–Kier alpha value is -0.240. The van der Waals surface area contributed by atoms with Crippen molar-refractivity contribution in [1.29, 1.82) is 0 Å². The predicted octanol–water partition coefficient (Wildman–Crippen LogP) is 2.66. The van der Waals surface area contributed by atoms with E-state index in [4.69, 9.17) is 0 Å². The molecule has 0 aliphatic rings. The van der Waals surface area contributed by atoms with E-state index in [2.05, 4.69) is 6.92 Å². The molecule has 0 unspecified atom stereocenters. The Labute approximate surface area is 73.3 Å². The van der Waals surface area contributed by atoms with Gasteiger partial charge in [-0.15, -0.1) is 0 Å². The average molecular weight is 172 g/mol. The maximum atomic E-state index is 10.5. The number of allylic oxidation sites excluding steroid dienone is 1. The summed E-state index contributed by atoms with van der Waals surface area (Å²) in [6, 6.07) is 0. The zero-order valence-corrected chi connectivity index (χ0v) is 8.33. The van der Waals surface area contributed by atoms with Gasteiger partial charge in [0.2, 0.25) is 0 Å². The number of carbonyl (C=O) groups is 1. The maximum Gasteiger partial charge on any atom is 0.146 e. The Morgan fingerprint density at radius 3 is 2.55 bits per heavy atom. The first-order chi connectivity index (χ1) is 5.26.